The van der Waals surface area contributed by atoms with Gasteiger partial charge in [-0.15, -0.1) is 0 Å². The van der Waals surface area contributed by atoms with Crippen LogP contribution in [0.4, 0.5) is 10.8 Å². The third-order valence-electron chi connectivity index (χ3n) is 3.26. The second-order valence-electron chi connectivity index (χ2n) is 5.02. The van der Waals surface area contributed by atoms with Crippen molar-refractivity contribution < 1.29 is 13.2 Å². The highest BCUT2D eigenvalue weighted by Crippen LogP contribution is 2.29. The standard InChI is InChI=1S/C16H15N3O3S2/c1-2-15(20)18-16-17-13-9-8-11(10-14(13)23-16)19-24(21,22)12-6-4-3-5-7-12/h3-10,19H,2H2,1H3,(H,17,18,20). The zero-order valence-electron chi connectivity index (χ0n) is 12.8. The van der Waals surface area contributed by atoms with Crippen LogP contribution < -0.4 is 10.0 Å². The first-order valence-electron chi connectivity index (χ1n) is 7.26. The first-order chi connectivity index (χ1) is 11.5. The van der Waals surface area contributed by atoms with Gasteiger partial charge in [-0.05, 0) is 30.3 Å². The summed E-state index contributed by atoms with van der Waals surface area (Å²) >= 11 is 1.30. The van der Waals surface area contributed by atoms with Gasteiger partial charge in [0.15, 0.2) is 5.13 Å². The Kier molecular flexibility index (Phi) is 4.50. The first kappa shape index (κ1) is 16.4. The summed E-state index contributed by atoms with van der Waals surface area (Å²) in [5, 5.41) is 3.20. The number of thiazole rings is 1. The molecule has 1 heterocycles. The minimum absolute atomic E-state index is 0.112. The van der Waals surface area contributed by atoms with E-state index in [-0.39, 0.29) is 10.8 Å². The molecule has 2 N–H and O–H groups in total. The van der Waals surface area contributed by atoms with Gasteiger partial charge < -0.3 is 5.32 Å². The summed E-state index contributed by atoms with van der Waals surface area (Å²) in [6.07, 6.45) is 0.373. The second kappa shape index (κ2) is 6.58. The zero-order valence-corrected chi connectivity index (χ0v) is 14.4. The summed E-state index contributed by atoms with van der Waals surface area (Å²) in [5.41, 5.74) is 1.15. The third-order valence-corrected chi connectivity index (χ3v) is 5.59. The van der Waals surface area contributed by atoms with Crippen molar-refractivity contribution >= 4 is 48.3 Å². The summed E-state index contributed by atoms with van der Waals surface area (Å²) in [4.78, 5) is 15.9. The quantitative estimate of drug-likeness (QED) is 0.728. The van der Waals surface area contributed by atoms with E-state index in [1.807, 2.05) is 0 Å². The van der Waals surface area contributed by atoms with Gasteiger partial charge in [-0.1, -0.05) is 36.5 Å². The summed E-state index contributed by atoms with van der Waals surface area (Å²) in [7, 11) is -3.63. The van der Waals surface area contributed by atoms with E-state index in [2.05, 4.69) is 15.0 Å². The molecule has 124 valence electrons. The average Bonchev–Trinajstić information content (AvgIpc) is 2.96. The summed E-state index contributed by atoms with van der Waals surface area (Å²) in [6, 6.07) is 13.2. The van der Waals surface area contributed by atoms with E-state index in [0.717, 1.165) is 4.70 Å². The molecule has 2 aromatic carbocycles. The molecule has 0 radical (unpaired) electrons. The van der Waals surface area contributed by atoms with Crippen molar-refractivity contribution in [3.8, 4) is 0 Å². The number of carbonyl (C=O) groups is 1. The van der Waals surface area contributed by atoms with Gasteiger partial charge in [-0.2, -0.15) is 0 Å². The number of hydrogen-bond acceptors (Lipinski definition) is 5. The molecule has 0 aliphatic carbocycles. The number of nitrogens with zero attached hydrogens (tertiary/aromatic N) is 1. The number of fused-ring (bicyclic) bond motifs is 1. The highest BCUT2D eigenvalue weighted by atomic mass is 32.2. The maximum absolute atomic E-state index is 12.3. The van der Waals surface area contributed by atoms with Gasteiger partial charge >= 0.3 is 0 Å². The van der Waals surface area contributed by atoms with Crippen LogP contribution in [-0.4, -0.2) is 19.3 Å². The molecule has 6 nitrogen and oxygen atoms in total. The monoisotopic (exact) mass is 361 g/mol. The molecule has 0 bridgehead atoms. The zero-order chi connectivity index (χ0) is 17.2. The molecular formula is C16H15N3O3S2. The van der Waals surface area contributed by atoms with E-state index in [4.69, 9.17) is 0 Å². The molecule has 3 rings (SSSR count). The van der Waals surface area contributed by atoms with Crippen molar-refractivity contribution in [3.63, 3.8) is 0 Å². The van der Waals surface area contributed by atoms with Crippen LogP contribution in [0.15, 0.2) is 53.4 Å². The Bertz CT molecular complexity index is 982. The highest BCUT2D eigenvalue weighted by Gasteiger charge is 2.14. The Balaban J connectivity index is 1.87. The SMILES string of the molecule is CCC(=O)Nc1nc2ccc(NS(=O)(=O)c3ccccc3)cc2s1. The van der Waals surface area contributed by atoms with Crippen LogP contribution in [0, 0.1) is 0 Å². The van der Waals surface area contributed by atoms with Crippen molar-refractivity contribution in [2.75, 3.05) is 10.0 Å². The van der Waals surface area contributed by atoms with Gasteiger partial charge in [0.05, 0.1) is 20.8 Å². The molecule has 8 heteroatoms. The van der Waals surface area contributed by atoms with Crippen molar-refractivity contribution in [3.05, 3.63) is 48.5 Å². The number of nitrogens with one attached hydrogen (secondary N) is 2. The topological polar surface area (TPSA) is 88.2 Å². The number of anilines is 2. The van der Waals surface area contributed by atoms with Crippen LogP contribution in [0.25, 0.3) is 10.2 Å². The van der Waals surface area contributed by atoms with Gasteiger partial charge in [0.25, 0.3) is 10.0 Å². The van der Waals surface area contributed by atoms with E-state index in [1.54, 1.807) is 43.3 Å². The molecule has 3 aromatic rings. The molecule has 24 heavy (non-hydrogen) atoms. The van der Waals surface area contributed by atoms with Crippen LogP contribution in [0.3, 0.4) is 0 Å². The van der Waals surface area contributed by atoms with Crippen LogP contribution >= 0.6 is 11.3 Å². The van der Waals surface area contributed by atoms with Crippen LogP contribution in [0.2, 0.25) is 0 Å². The maximum Gasteiger partial charge on any atom is 0.261 e. The first-order valence-corrected chi connectivity index (χ1v) is 9.56. The van der Waals surface area contributed by atoms with E-state index < -0.39 is 10.0 Å². The van der Waals surface area contributed by atoms with Gasteiger partial charge in [0, 0.05) is 6.42 Å². The largest absolute Gasteiger partial charge is 0.302 e. The smallest absolute Gasteiger partial charge is 0.261 e. The van der Waals surface area contributed by atoms with E-state index >= 15 is 0 Å². The molecular weight excluding hydrogens is 346 g/mol. The molecule has 1 aromatic heterocycles. The normalized spacial score (nSPS) is 11.4. The maximum atomic E-state index is 12.3. The fourth-order valence-electron chi connectivity index (χ4n) is 2.06. The Morgan fingerprint density at radius 2 is 1.92 bits per heavy atom. The molecule has 1 amide bonds. The lowest BCUT2D eigenvalue weighted by Crippen LogP contribution is -2.12. The van der Waals surface area contributed by atoms with E-state index in [9.17, 15) is 13.2 Å². The molecule has 0 aliphatic heterocycles. The fraction of sp³-hybridized carbons (Fsp3) is 0.125. The lowest BCUT2D eigenvalue weighted by molar-refractivity contribution is -0.115. The van der Waals surface area contributed by atoms with Crippen molar-refractivity contribution in [1.29, 1.82) is 0 Å². The van der Waals surface area contributed by atoms with Crippen LogP contribution in [0.1, 0.15) is 13.3 Å². The second-order valence-corrected chi connectivity index (χ2v) is 7.73. The third kappa shape index (κ3) is 3.55. The van der Waals surface area contributed by atoms with Gasteiger partial charge in [0.1, 0.15) is 0 Å². The molecule has 0 atom stereocenters. The van der Waals surface area contributed by atoms with Crippen molar-refractivity contribution in [2.45, 2.75) is 18.2 Å². The number of aromatic nitrogens is 1. The Morgan fingerprint density at radius 1 is 1.17 bits per heavy atom. The highest BCUT2D eigenvalue weighted by molar-refractivity contribution is 7.92. The summed E-state index contributed by atoms with van der Waals surface area (Å²) in [5.74, 6) is -0.112. The molecule has 0 aliphatic rings. The molecule has 0 saturated heterocycles. The molecule has 0 saturated carbocycles. The van der Waals surface area contributed by atoms with E-state index in [1.165, 1.54) is 23.5 Å². The number of benzene rings is 2. The lowest BCUT2D eigenvalue weighted by atomic mass is 10.3. The summed E-state index contributed by atoms with van der Waals surface area (Å²) < 4.78 is 28.0. The summed E-state index contributed by atoms with van der Waals surface area (Å²) in [6.45, 7) is 1.76. The number of amides is 1. The minimum atomic E-state index is -3.63. The lowest BCUT2D eigenvalue weighted by Gasteiger charge is -2.07. The fourth-order valence-corrected chi connectivity index (χ4v) is 4.05. The Morgan fingerprint density at radius 3 is 2.62 bits per heavy atom. The minimum Gasteiger partial charge on any atom is -0.302 e. The Labute approximate surface area is 143 Å². The van der Waals surface area contributed by atoms with Gasteiger partial charge in [0.2, 0.25) is 5.91 Å². The molecule has 0 unspecified atom stereocenters. The Hall–Kier alpha value is -2.45. The molecule has 0 spiro atoms. The molecule has 0 fully saturated rings. The van der Waals surface area contributed by atoms with Gasteiger partial charge in [-0.3, -0.25) is 9.52 Å². The van der Waals surface area contributed by atoms with Crippen LogP contribution in [0.5, 0.6) is 0 Å². The van der Waals surface area contributed by atoms with Crippen LogP contribution in [-0.2, 0) is 14.8 Å². The number of sulfonamides is 1. The van der Waals surface area contributed by atoms with E-state index in [0.29, 0.717) is 22.8 Å². The predicted molar refractivity (Wildman–Crippen MR) is 95.8 cm³/mol. The number of rotatable bonds is 5. The van der Waals surface area contributed by atoms with Gasteiger partial charge in [-0.25, -0.2) is 13.4 Å². The number of hydrogen-bond donors (Lipinski definition) is 2. The van der Waals surface area contributed by atoms with Crippen molar-refractivity contribution in [1.82, 2.24) is 4.98 Å². The van der Waals surface area contributed by atoms with Crippen molar-refractivity contribution in [2.24, 2.45) is 0 Å². The number of carbonyl (C=O) groups excluding carboxylic acids is 1. The predicted octanol–water partition coefficient (Wildman–Crippen LogP) is 3.45. The average molecular weight is 361 g/mol.